The number of halogens is 2. The third kappa shape index (κ3) is 4.53. The summed E-state index contributed by atoms with van der Waals surface area (Å²) in [6, 6.07) is 7.39. The van der Waals surface area contributed by atoms with E-state index >= 15 is 0 Å². The minimum Gasteiger partial charge on any atom is -0.360 e. The number of nitro groups is 1. The summed E-state index contributed by atoms with van der Waals surface area (Å²) in [5.41, 5.74) is 2.58. The molecule has 161 valence electrons. The molecule has 1 unspecified atom stereocenters. The van der Waals surface area contributed by atoms with E-state index in [1.54, 1.807) is 30.6 Å². The van der Waals surface area contributed by atoms with Gasteiger partial charge < -0.3 is 10.3 Å². The maximum absolute atomic E-state index is 10.8. The SMILES string of the molecule is [CH2]C(Nc1ccc([N+](=O)[O-])cn1)c1ncc(-c2nc(C)c[nH]2)c(-c2ccc(Cl)cc2Cl)n1. The van der Waals surface area contributed by atoms with Crippen molar-refractivity contribution in [1.82, 2.24) is 24.9 Å². The van der Waals surface area contributed by atoms with Crippen LogP contribution in [0.4, 0.5) is 11.5 Å². The Morgan fingerprint density at radius 1 is 1.12 bits per heavy atom. The predicted molar refractivity (Wildman–Crippen MR) is 122 cm³/mol. The summed E-state index contributed by atoms with van der Waals surface area (Å²) in [6.07, 6.45) is 4.59. The third-order valence-electron chi connectivity index (χ3n) is 4.55. The van der Waals surface area contributed by atoms with Crippen LogP contribution >= 0.6 is 23.2 Å². The van der Waals surface area contributed by atoms with Crippen LogP contribution in [-0.4, -0.2) is 29.8 Å². The Kier molecular flexibility index (Phi) is 6.02. The second-order valence-corrected chi connectivity index (χ2v) is 7.70. The van der Waals surface area contributed by atoms with Crippen LogP contribution in [0.3, 0.4) is 0 Å². The number of rotatable bonds is 6. The molecule has 9 nitrogen and oxygen atoms in total. The van der Waals surface area contributed by atoms with Gasteiger partial charge in [0.25, 0.3) is 5.69 Å². The number of H-pyrrole nitrogens is 1. The van der Waals surface area contributed by atoms with Gasteiger partial charge in [-0.25, -0.2) is 19.9 Å². The number of anilines is 1. The molecule has 11 heteroatoms. The van der Waals surface area contributed by atoms with Crippen LogP contribution < -0.4 is 5.32 Å². The number of aromatic amines is 1. The average Bonchev–Trinajstić information content (AvgIpc) is 3.20. The van der Waals surface area contributed by atoms with E-state index in [-0.39, 0.29) is 5.69 Å². The molecule has 0 aliphatic carbocycles. The number of hydrogen-bond donors (Lipinski definition) is 2. The van der Waals surface area contributed by atoms with Gasteiger partial charge in [0.15, 0.2) is 5.82 Å². The Labute approximate surface area is 193 Å². The molecule has 0 saturated heterocycles. The summed E-state index contributed by atoms with van der Waals surface area (Å²) in [4.78, 5) is 31.1. The van der Waals surface area contributed by atoms with Crippen molar-refractivity contribution in [2.24, 2.45) is 0 Å². The summed E-state index contributed by atoms with van der Waals surface area (Å²) >= 11 is 12.5. The molecule has 4 rings (SSSR count). The number of nitrogens with zero attached hydrogens (tertiary/aromatic N) is 5. The number of imidazole rings is 1. The Hall–Kier alpha value is -3.56. The van der Waals surface area contributed by atoms with Gasteiger partial charge in [-0.15, -0.1) is 0 Å². The van der Waals surface area contributed by atoms with Gasteiger partial charge in [-0.1, -0.05) is 23.2 Å². The summed E-state index contributed by atoms with van der Waals surface area (Å²) < 4.78 is 0. The molecule has 0 aliphatic rings. The summed E-state index contributed by atoms with van der Waals surface area (Å²) in [5.74, 6) is 1.37. The van der Waals surface area contributed by atoms with E-state index in [4.69, 9.17) is 28.2 Å². The molecule has 0 spiro atoms. The predicted octanol–water partition coefficient (Wildman–Crippen LogP) is 5.44. The second-order valence-electron chi connectivity index (χ2n) is 6.86. The zero-order chi connectivity index (χ0) is 22.8. The zero-order valence-corrected chi connectivity index (χ0v) is 18.2. The van der Waals surface area contributed by atoms with Crippen LogP contribution in [0.15, 0.2) is 48.9 Å². The maximum atomic E-state index is 10.8. The number of benzene rings is 1. The zero-order valence-electron chi connectivity index (χ0n) is 16.7. The lowest BCUT2D eigenvalue weighted by Crippen LogP contribution is -2.13. The maximum Gasteiger partial charge on any atom is 0.287 e. The van der Waals surface area contributed by atoms with Gasteiger partial charge in [0.05, 0.1) is 32.9 Å². The number of nitrogens with one attached hydrogen (secondary N) is 2. The molecule has 3 heterocycles. The van der Waals surface area contributed by atoms with Gasteiger partial charge in [-0.05, 0) is 38.1 Å². The first-order valence-corrected chi connectivity index (χ1v) is 10.1. The Morgan fingerprint density at radius 2 is 1.94 bits per heavy atom. The molecule has 0 bridgehead atoms. The van der Waals surface area contributed by atoms with Crippen molar-refractivity contribution >= 4 is 34.7 Å². The third-order valence-corrected chi connectivity index (χ3v) is 5.09. The fraction of sp³-hybridized carbons (Fsp3) is 0.0952. The molecule has 3 aromatic heterocycles. The van der Waals surface area contributed by atoms with E-state index in [0.29, 0.717) is 44.3 Å². The van der Waals surface area contributed by atoms with E-state index in [1.807, 2.05) is 6.92 Å². The first-order valence-electron chi connectivity index (χ1n) is 9.36. The lowest BCUT2D eigenvalue weighted by Gasteiger charge is -2.16. The van der Waals surface area contributed by atoms with Crippen LogP contribution in [0.25, 0.3) is 22.6 Å². The van der Waals surface area contributed by atoms with Crippen molar-refractivity contribution in [3.8, 4) is 22.6 Å². The number of pyridine rings is 1. The van der Waals surface area contributed by atoms with Gasteiger partial charge in [-0.2, -0.15) is 0 Å². The molecule has 0 aliphatic heterocycles. The Bertz CT molecular complexity index is 1290. The standard InChI is InChI=1S/C21H16Cl2N7O2/c1-11-8-25-21(27-11)16-10-26-20(29-19(16)15-5-3-13(22)7-17(15)23)12(2)28-18-6-4-14(9-24-18)30(31)32/h3-10,12H,2H2,1H3,(H,24,28)(H,25,27). The fourth-order valence-electron chi connectivity index (χ4n) is 3.00. The molecule has 1 radical (unpaired) electrons. The highest BCUT2D eigenvalue weighted by Gasteiger charge is 2.19. The summed E-state index contributed by atoms with van der Waals surface area (Å²) in [7, 11) is 0. The van der Waals surface area contributed by atoms with Gasteiger partial charge in [0.2, 0.25) is 0 Å². The Morgan fingerprint density at radius 3 is 2.56 bits per heavy atom. The number of hydrogen-bond acceptors (Lipinski definition) is 7. The smallest absolute Gasteiger partial charge is 0.287 e. The van der Waals surface area contributed by atoms with Crippen LogP contribution in [0.5, 0.6) is 0 Å². The van der Waals surface area contributed by atoms with Crippen molar-refractivity contribution in [3.05, 3.63) is 87.5 Å². The minimum absolute atomic E-state index is 0.106. The molecule has 0 fully saturated rings. The highest BCUT2D eigenvalue weighted by Crippen LogP contribution is 2.35. The van der Waals surface area contributed by atoms with Gasteiger partial charge in [0.1, 0.15) is 17.8 Å². The fourth-order valence-corrected chi connectivity index (χ4v) is 3.50. The van der Waals surface area contributed by atoms with E-state index < -0.39 is 11.0 Å². The van der Waals surface area contributed by atoms with E-state index in [1.165, 1.54) is 12.1 Å². The summed E-state index contributed by atoms with van der Waals surface area (Å²) in [5, 5.41) is 14.8. The highest BCUT2D eigenvalue weighted by molar-refractivity contribution is 6.36. The molecule has 0 amide bonds. The van der Waals surface area contributed by atoms with Crippen molar-refractivity contribution in [1.29, 1.82) is 0 Å². The number of aromatic nitrogens is 5. The van der Waals surface area contributed by atoms with Crippen LogP contribution in [0.1, 0.15) is 17.6 Å². The molecular formula is C21H16Cl2N7O2. The van der Waals surface area contributed by atoms with Gasteiger partial charge >= 0.3 is 0 Å². The minimum atomic E-state index is -0.596. The largest absolute Gasteiger partial charge is 0.360 e. The molecule has 32 heavy (non-hydrogen) atoms. The van der Waals surface area contributed by atoms with Crippen LogP contribution in [0.2, 0.25) is 10.0 Å². The van der Waals surface area contributed by atoms with Crippen LogP contribution in [-0.2, 0) is 0 Å². The molecule has 0 saturated carbocycles. The highest BCUT2D eigenvalue weighted by atomic mass is 35.5. The average molecular weight is 469 g/mol. The van der Waals surface area contributed by atoms with E-state index in [0.717, 1.165) is 11.9 Å². The second kappa shape index (κ2) is 8.89. The molecule has 1 aromatic carbocycles. The van der Waals surface area contributed by atoms with E-state index in [2.05, 4.69) is 32.2 Å². The molecule has 4 aromatic rings. The lowest BCUT2D eigenvalue weighted by molar-refractivity contribution is -0.385. The quantitative estimate of drug-likeness (QED) is 0.285. The van der Waals surface area contributed by atoms with Crippen molar-refractivity contribution in [2.45, 2.75) is 13.0 Å². The van der Waals surface area contributed by atoms with Crippen molar-refractivity contribution in [3.63, 3.8) is 0 Å². The normalized spacial score (nSPS) is 11.9. The molecule has 1 atom stereocenters. The van der Waals surface area contributed by atoms with Gasteiger partial charge in [-0.3, -0.25) is 10.1 Å². The van der Waals surface area contributed by atoms with Crippen molar-refractivity contribution in [2.75, 3.05) is 5.32 Å². The first kappa shape index (κ1) is 21.7. The topological polar surface area (TPSA) is 123 Å². The lowest BCUT2D eigenvalue weighted by atomic mass is 10.1. The van der Waals surface area contributed by atoms with E-state index in [9.17, 15) is 10.1 Å². The first-order chi connectivity index (χ1) is 15.3. The molecule has 2 N–H and O–H groups in total. The monoisotopic (exact) mass is 468 g/mol. The van der Waals surface area contributed by atoms with Crippen molar-refractivity contribution < 1.29 is 4.92 Å². The van der Waals surface area contributed by atoms with Gasteiger partial charge in [0, 0.05) is 29.0 Å². The number of aryl methyl sites for hydroxylation is 1. The molecular weight excluding hydrogens is 453 g/mol. The summed E-state index contributed by atoms with van der Waals surface area (Å²) in [6.45, 7) is 5.92. The Balaban J connectivity index is 1.72. The van der Waals surface area contributed by atoms with Crippen LogP contribution in [0, 0.1) is 24.0 Å².